The van der Waals surface area contributed by atoms with E-state index < -0.39 is 76.6 Å². The molecular formula is C56H70F3N8O7Si. The second-order valence-electron chi connectivity index (χ2n) is 22.1. The standard InChI is InChI=1S/C56H70F3N8O7Si/c1-34(2)47(64(10)50(70)39-21-26-65(31-39)45(68)20-23-54(6,7)63(8)9)49(69)61-43-28-36-15-12-16-37(27-36)38-18-19-44-41(29-38)42(30-53(4,5)33-74-52(72)55(75)22-14-25-67(62-55)51(43)71)48(66(44)32-56(57,58)59)40-17-13-24-60-46(40)35(3)73-11/h12-13,15-19,24,27,29,34-35,39,43,47,62H,14,21-22,25-26,28,30-33H2,1-11H3,(H,61,69)/t35-,39-,43-,47-,55-/m0/s1. The maximum atomic E-state index is 14.9. The monoisotopic (exact) mass is 1050 g/mol. The molecule has 0 aliphatic carbocycles. The van der Waals surface area contributed by atoms with Crippen molar-refractivity contribution < 1.29 is 46.6 Å². The SMILES string of the molecule is CO[C@@H](C)c1ncccc1-c1c2c3cc(ccc3n1CC(F)(F)F)-c1cccc(c1)C[C@H](NC(=O)[C@H](C(C)C)N(C)C(=O)[C@H]1CCN(C(=O)C#CC(C)(C)N(C)C)C1)C(=O)N1CCC[C@@]([Si])(N1)C(=O)OCC(C)(C)C2. The maximum Gasteiger partial charge on any atom is 0.406 e. The summed E-state index contributed by atoms with van der Waals surface area (Å²) < 4.78 is 57.4. The van der Waals surface area contributed by atoms with Crippen LogP contribution in [0, 0.1) is 29.1 Å². The molecule has 5 heterocycles. The Labute approximate surface area is 441 Å². The van der Waals surface area contributed by atoms with Crippen LogP contribution in [-0.2, 0) is 52.8 Å². The molecule has 2 N–H and O–H groups in total. The molecule has 0 unspecified atom stereocenters. The first-order chi connectivity index (χ1) is 35.1. The molecule has 7 rings (SSSR count). The molecule has 15 nitrogen and oxygen atoms in total. The van der Waals surface area contributed by atoms with Crippen LogP contribution < -0.4 is 10.7 Å². The molecule has 3 aliphatic heterocycles. The molecule has 3 radical (unpaired) electrons. The molecule has 5 atom stereocenters. The van der Waals surface area contributed by atoms with E-state index in [2.05, 4.69) is 37.8 Å². The normalized spacial score (nSPS) is 21.3. The van der Waals surface area contributed by atoms with Gasteiger partial charge in [0.05, 0.1) is 45.8 Å². The number of pyridine rings is 1. The number of carbonyl (C=O) groups is 5. The Morgan fingerprint density at radius 3 is 2.43 bits per heavy atom. The molecule has 401 valence electrons. The average molecular weight is 1050 g/mol. The van der Waals surface area contributed by atoms with Crippen LogP contribution in [0.3, 0.4) is 0 Å². The number of carbonyl (C=O) groups excluding carboxylic acids is 5. The number of amides is 4. The summed E-state index contributed by atoms with van der Waals surface area (Å²) >= 11 is 0. The number of hydrogen-bond donors (Lipinski definition) is 2. The molecule has 0 saturated carbocycles. The van der Waals surface area contributed by atoms with Gasteiger partial charge in [0, 0.05) is 68.3 Å². The van der Waals surface area contributed by atoms with Crippen molar-refractivity contribution in [3.63, 3.8) is 0 Å². The Kier molecular flexibility index (Phi) is 16.8. The van der Waals surface area contributed by atoms with E-state index in [1.807, 2.05) is 90.9 Å². The number of rotatable bonds is 10. The van der Waals surface area contributed by atoms with Gasteiger partial charge in [0.25, 0.3) is 11.8 Å². The molecule has 2 aromatic carbocycles. The van der Waals surface area contributed by atoms with E-state index in [-0.39, 0.29) is 50.8 Å². The molecule has 75 heavy (non-hydrogen) atoms. The van der Waals surface area contributed by atoms with Crippen molar-refractivity contribution in [3.8, 4) is 34.2 Å². The number of methoxy groups -OCH3 is 1. The van der Waals surface area contributed by atoms with Crippen LogP contribution in [0.15, 0.2) is 60.8 Å². The van der Waals surface area contributed by atoms with E-state index in [4.69, 9.17) is 9.47 Å². The van der Waals surface area contributed by atoms with Crippen molar-refractivity contribution in [2.24, 2.45) is 17.3 Å². The number of esters is 1. The van der Waals surface area contributed by atoms with Crippen LogP contribution in [0.4, 0.5) is 13.2 Å². The molecule has 0 spiro atoms. The van der Waals surface area contributed by atoms with Crippen molar-refractivity contribution in [2.75, 3.05) is 54.5 Å². The summed E-state index contributed by atoms with van der Waals surface area (Å²) in [6.45, 7) is 12.2. The number of fused-ring (bicyclic) bond motifs is 6. The topological polar surface area (TPSA) is 159 Å². The van der Waals surface area contributed by atoms with Crippen LogP contribution in [0.25, 0.3) is 33.3 Å². The molecule has 19 heteroatoms. The van der Waals surface area contributed by atoms with Crippen molar-refractivity contribution in [1.29, 1.82) is 0 Å². The van der Waals surface area contributed by atoms with Crippen molar-refractivity contribution in [2.45, 2.75) is 122 Å². The summed E-state index contributed by atoms with van der Waals surface area (Å²) in [6, 6.07) is 13.9. The van der Waals surface area contributed by atoms with Crippen molar-refractivity contribution in [3.05, 3.63) is 77.6 Å². The fraction of sp³-hybridized carbons (Fsp3) is 0.536. The number of hydrogen-bond acceptors (Lipinski definition) is 10. The molecule has 6 bridgehead atoms. The Morgan fingerprint density at radius 1 is 1.03 bits per heavy atom. The number of likely N-dealkylation sites (tertiary alicyclic amines) is 1. The van der Waals surface area contributed by atoms with Gasteiger partial charge in [-0.1, -0.05) is 63.9 Å². The predicted octanol–water partition coefficient (Wildman–Crippen LogP) is 6.46. The predicted molar refractivity (Wildman–Crippen MR) is 280 cm³/mol. The van der Waals surface area contributed by atoms with Gasteiger partial charge in [-0.15, -0.1) is 0 Å². The summed E-state index contributed by atoms with van der Waals surface area (Å²) in [5, 5.41) is 3.31. The number of nitrogens with zero attached hydrogens (tertiary/aromatic N) is 6. The number of nitrogens with one attached hydrogen (secondary N) is 2. The maximum absolute atomic E-state index is 14.9. The van der Waals surface area contributed by atoms with Crippen molar-refractivity contribution in [1.82, 2.24) is 40.0 Å². The van der Waals surface area contributed by atoms with Crippen LogP contribution in [0.1, 0.15) is 90.7 Å². The van der Waals surface area contributed by atoms with Gasteiger partial charge in [-0.25, -0.2) is 5.43 Å². The number of likely N-dealkylation sites (N-methyl/N-ethyl adjacent to an activating group) is 1. The second-order valence-corrected chi connectivity index (χ2v) is 23.0. The van der Waals surface area contributed by atoms with E-state index in [9.17, 15) is 37.1 Å². The summed E-state index contributed by atoms with van der Waals surface area (Å²) in [7, 11) is 10.5. The first-order valence-corrected chi connectivity index (χ1v) is 26.0. The third kappa shape index (κ3) is 12.6. The van der Waals surface area contributed by atoms with E-state index in [1.54, 1.807) is 49.3 Å². The molecule has 2 saturated heterocycles. The molecular weight excluding hydrogens is 982 g/mol. The minimum absolute atomic E-state index is 0.0150. The molecule has 4 aromatic rings. The summed E-state index contributed by atoms with van der Waals surface area (Å²) in [5.41, 5.74) is 5.93. The number of benzene rings is 2. The third-order valence-electron chi connectivity index (χ3n) is 14.9. The van der Waals surface area contributed by atoms with Crippen LogP contribution in [0.2, 0.25) is 0 Å². The molecule has 4 amide bonds. The lowest BCUT2D eigenvalue weighted by molar-refractivity contribution is -0.158. The van der Waals surface area contributed by atoms with Gasteiger partial charge >= 0.3 is 12.1 Å². The van der Waals surface area contributed by atoms with E-state index in [0.29, 0.717) is 69.5 Å². The first kappa shape index (κ1) is 56.6. The highest BCUT2D eigenvalue weighted by Crippen LogP contribution is 2.43. The van der Waals surface area contributed by atoms with Gasteiger partial charge in [0.2, 0.25) is 11.8 Å². The smallest absolute Gasteiger partial charge is 0.406 e. The zero-order chi connectivity index (χ0) is 54.9. The van der Waals surface area contributed by atoms with Crippen molar-refractivity contribution >= 4 is 50.7 Å². The number of ether oxygens (including phenoxy) is 2. The Balaban J connectivity index is 1.28. The zero-order valence-corrected chi connectivity index (χ0v) is 45.9. The summed E-state index contributed by atoms with van der Waals surface area (Å²) in [5.74, 6) is 2.26. The van der Waals surface area contributed by atoms with Crippen LogP contribution in [0.5, 0.6) is 0 Å². The lowest BCUT2D eigenvalue weighted by Gasteiger charge is -2.41. The van der Waals surface area contributed by atoms with Gasteiger partial charge in [-0.2, -0.15) is 13.2 Å². The van der Waals surface area contributed by atoms with Gasteiger partial charge in [-0.05, 0) is 119 Å². The number of hydrazine groups is 1. The Hall–Kier alpha value is -6.07. The number of alkyl halides is 3. The van der Waals surface area contributed by atoms with Gasteiger partial charge in [0.15, 0.2) is 0 Å². The summed E-state index contributed by atoms with van der Waals surface area (Å²) in [4.78, 5) is 80.7. The van der Waals surface area contributed by atoms with E-state index >= 15 is 0 Å². The largest absolute Gasteiger partial charge is 0.464 e. The van der Waals surface area contributed by atoms with Gasteiger partial charge in [0.1, 0.15) is 23.8 Å². The fourth-order valence-corrected chi connectivity index (χ4v) is 10.6. The van der Waals surface area contributed by atoms with Crippen LogP contribution >= 0.6 is 0 Å². The minimum Gasteiger partial charge on any atom is -0.464 e. The van der Waals surface area contributed by atoms with Gasteiger partial charge in [-0.3, -0.25) is 38.9 Å². The molecule has 2 fully saturated rings. The first-order valence-electron chi connectivity index (χ1n) is 25.5. The minimum atomic E-state index is -4.61. The third-order valence-corrected chi connectivity index (χ3v) is 15.4. The van der Waals surface area contributed by atoms with Gasteiger partial charge < -0.3 is 29.2 Å². The summed E-state index contributed by atoms with van der Waals surface area (Å²) in [6.07, 6.45) is -2.42. The zero-order valence-electron chi connectivity index (χ0n) is 44.9. The van der Waals surface area contributed by atoms with Crippen LogP contribution in [-0.4, -0.2) is 153 Å². The molecule has 3 aliphatic rings. The highest BCUT2D eigenvalue weighted by Gasteiger charge is 2.44. The fourth-order valence-electron chi connectivity index (χ4n) is 10.2. The number of halogens is 3. The Morgan fingerprint density at radius 2 is 1.75 bits per heavy atom. The lowest BCUT2D eigenvalue weighted by Crippen LogP contribution is -2.67. The number of aromatic nitrogens is 2. The highest BCUT2D eigenvalue weighted by molar-refractivity contribution is 6.27. The average Bonchev–Trinajstić information content (AvgIpc) is 3.96. The number of cyclic esters (lactones) is 1. The quantitative estimate of drug-likeness (QED) is 0.103. The second kappa shape index (κ2) is 22.3. The molecule has 2 aromatic heterocycles. The highest BCUT2D eigenvalue weighted by atomic mass is 28.1. The van der Waals surface area contributed by atoms with E-state index in [0.717, 1.165) is 0 Å². The lowest BCUT2D eigenvalue weighted by atomic mass is 9.84. The van der Waals surface area contributed by atoms with E-state index in [1.165, 1.54) is 21.6 Å². The Bertz CT molecular complexity index is 2890.